The fourth-order valence-corrected chi connectivity index (χ4v) is 5.96. The number of hydrogen-bond donors (Lipinski definition) is 0. The van der Waals surface area contributed by atoms with Gasteiger partial charge >= 0.3 is 0 Å². The Labute approximate surface area is 295 Å². The number of imidazole rings is 1. The van der Waals surface area contributed by atoms with E-state index in [-0.39, 0.29) is 0 Å². The molecule has 5 rings (SSSR count). The van der Waals surface area contributed by atoms with Gasteiger partial charge in [-0.2, -0.15) is 0 Å². The molecule has 6 nitrogen and oxygen atoms in total. The molecule has 0 unspecified atom stereocenters. The van der Waals surface area contributed by atoms with Gasteiger partial charge in [0.05, 0.1) is 30.9 Å². The molecule has 0 aliphatic carbocycles. The van der Waals surface area contributed by atoms with Crippen LogP contribution in [0.4, 0.5) is 0 Å². The average molecular weight is 689 g/mol. The minimum Gasteiger partial charge on any atom is -0.493 e. The summed E-state index contributed by atoms with van der Waals surface area (Å²) >= 11 is 12.2. The van der Waals surface area contributed by atoms with Crippen LogP contribution in [0, 0.1) is 0 Å². The van der Waals surface area contributed by atoms with E-state index in [0.29, 0.717) is 31.3 Å². The Morgan fingerprint density at radius 3 is 1.94 bits per heavy atom. The second-order valence-electron chi connectivity index (χ2n) is 11.9. The van der Waals surface area contributed by atoms with Crippen LogP contribution in [0.25, 0.3) is 22.4 Å². The van der Waals surface area contributed by atoms with E-state index in [0.717, 1.165) is 108 Å². The topological polar surface area (TPSA) is 48.8 Å². The van der Waals surface area contributed by atoms with Crippen LogP contribution in [0.5, 0.6) is 17.2 Å². The molecule has 254 valence electrons. The van der Waals surface area contributed by atoms with Gasteiger partial charge in [0, 0.05) is 47.6 Å². The Morgan fingerprint density at radius 2 is 1.31 bits per heavy atom. The molecule has 0 aliphatic heterocycles. The molecule has 4 aromatic carbocycles. The third kappa shape index (κ3) is 9.91. The third-order valence-electron chi connectivity index (χ3n) is 8.56. The van der Waals surface area contributed by atoms with Crippen LogP contribution in [0.2, 0.25) is 10.0 Å². The van der Waals surface area contributed by atoms with E-state index in [4.69, 9.17) is 42.4 Å². The SMILES string of the molecule is CCCCn1c(-c2ccc(OCCc3ccc(Cl)cc3)c(OCCc3ccc(Cl)cc3)c2)nc2ccc(OCCCN(CC)CC)cc21. The molecule has 1 heterocycles. The van der Waals surface area contributed by atoms with Crippen LogP contribution in [0.1, 0.15) is 51.2 Å². The van der Waals surface area contributed by atoms with Gasteiger partial charge in [0.25, 0.3) is 0 Å². The van der Waals surface area contributed by atoms with Gasteiger partial charge in [-0.3, -0.25) is 0 Å². The summed E-state index contributed by atoms with van der Waals surface area (Å²) in [6.45, 7) is 12.3. The fraction of sp³-hybridized carbons (Fsp3) is 0.375. The van der Waals surface area contributed by atoms with Gasteiger partial charge in [0.1, 0.15) is 11.6 Å². The molecule has 0 N–H and O–H groups in total. The third-order valence-corrected chi connectivity index (χ3v) is 9.07. The number of fused-ring (bicyclic) bond motifs is 1. The first-order chi connectivity index (χ1) is 23.5. The summed E-state index contributed by atoms with van der Waals surface area (Å²) in [4.78, 5) is 7.54. The molecule has 0 aliphatic rings. The van der Waals surface area contributed by atoms with E-state index in [2.05, 4.69) is 54.5 Å². The maximum atomic E-state index is 6.42. The van der Waals surface area contributed by atoms with Crippen molar-refractivity contribution in [2.75, 3.05) is 39.5 Å². The number of ether oxygens (including phenoxy) is 3. The van der Waals surface area contributed by atoms with Gasteiger partial charge in [-0.15, -0.1) is 0 Å². The molecule has 5 aromatic rings. The maximum Gasteiger partial charge on any atom is 0.161 e. The van der Waals surface area contributed by atoms with Crippen molar-refractivity contribution in [3.05, 3.63) is 106 Å². The first kappa shape index (κ1) is 35.6. The number of rotatable bonds is 19. The summed E-state index contributed by atoms with van der Waals surface area (Å²) in [5, 5.41) is 1.45. The van der Waals surface area contributed by atoms with Crippen molar-refractivity contribution in [1.82, 2.24) is 14.5 Å². The first-order valence-corrected chi connectivity index (χ1v) is 18.0. The predicted octanol–water partition coefficient (Wildman–Crippen LogP) is 10.2. The lowest BCUT2D eigenvalue weighted by Crippen LogP contribution is -2.25. The quantitative estimate of drug-likeness (QED) is 0.0809. The Balaban J connectivity index is 1.38. The van der Waals surface area contributed by atoms with Crippen LogP contribution in [-0.2, 0) is 19.4 Å². The highest BCUT2D eigenvalue weighted by molar-refractivity contribution is 6.30. The number of aryl methyl sites for hydroxylation is 1. The standard InChI is InChI=1S/C40H47Cl2N3O3/c1-4-7-24-45-37-29-35(46-25-8-23-44(5-2)6-3)18-19-36(37)43-40(45)32-13-20-38(47-26-21-30-9-14-33(41)15-10-30)39(28-32)48-27-22-31-11-16-34(42)17-12-31/h9-20,28-29H,4-8,21-27H2,1-3H3. The van der Waals surface area contributed by atoms with E-state index in [1.54, 1.807) is 0 Å². The number of aromatic nitrogens is 2. The van der Waals surface area contributed by atoms with E-state index < -0.39 is 0 Å². The smallest absolute Gasteiger partial charge is 0.161 e. The van der Waals surface area contributed by atoms with E-state index in [1.807, 2.05) is 60.7 Å². The highest BCUT2D eigenvalue weighted by Gasteiger charge is 2.17. The normalized spacial score (nSPS) is 11.4. The van der Waals surface area contributed by atoms with Crippen LogP contribution in [0.3, 0.4) is 0 Å². The van der Waals surface area contributed by atoms with Crippen molar-refractivity contribution in [2.24, 2.45) is 0 Å². The van der Waals surface area contributed by atoms with E-state index >= 15 is 0 Å². The molecule has 0 amide bonds. The van der Waals surface area contributed by atoms with Gasteiger partial charge in [0.15, 0.2) is 11.5 Å². The molecular formula is C40H47Cl2N3O3. The molecular weight excluding hydrogens is 641 g/mol. The minimum atomic E-state index is 0.500. The Morgan fingerprint density at radius 1 is 0.667 bits per heavy atom. The molecule has 0 saturated heterocycles. The van der Waals surface area contributed by atoms with Gasteiger partial charge in [-0.05, 0) is 91.7 Å². The van der Waals surface area contributed by atoms with Crippen molar-refractivity contribution >= 4 is 34.2 Å². The predicted molar refractivity (Wildman–Crippen MR) is 199 cm³/mol. The molecule has 0 saturated carbocycles. The Bertz CT molecular complexity index is 1720. The summed E-state index contributed by atoms with van der Waals surface area (Å²) in [6, 6.07) is 28.1. The van der Waals surface area contributed by atoms with Gasteiger partial charge < -0.3 is 23.7 Å². The van der Waals surface area contributed by atoms with E-state index in [9.17, 15) is 0 Å². The number of unbranched alkanes of at least 4 members (excludes halogenated alkanes) is 1. The lowest BCUT2D eigenvalue weighted by Gasteiger charge is -2.17. The lowest BCUT2D eigenvalue weighted by molar-refractivity contribution is 0.249. The average Bonchev–Trinajstić information content (AvgIpc) is 3.47. The Kier molecular flexibility index (Phi) is 13.5. The zero-order valence-electron chi connectivity index (χ0n) is 28.4. The summed E-state index contributed by atoms with van der Waals surface area (Å²) < 4.78 is 21.2. The monoisotopic (exact) mass is 687 g/mol. The summed E-state index contributed by atoms with van der Waals surface area (Å²) in [7, 11) is 0. The number of hydrogen-bond acceptors (Lipinski definition) is 5. The summed E-state index contributed by atoms with van der Waals surface area (Å²) in [6.07, 6.45) is 4.63. The van der Waals surface area contributed by atoms with Crippen LogP contribution in [0.15, 0.2) is 84.9 Å². The van der Waals surface area contributed by atoms with Crippen molar-refractivity contribution in [3.8, 4) is 28.6 Å². The first-order valence-electron chi connectivity index (χ1n) is 17.2. The second kappa shape index (κ2) is 18.2. The molecule has 0 atom stereocenters. The molecule has 0 bridgehead atoms. The molecule has 1 aromatic heterocycles. The molecule has 0 radical (unpaired) electrons. The van der Waals surface area contributed by atoms with Crippen LogP contribution < -0.4 is 14.2 Å². The van der Waals surface area contributed by atoms with Crippen molar-refractivity contribution in [3.63, 3.8) is 0 Å². The molecule has 0 spiro atoms. The largest absolute Gasteiger partial charge is 0.493 e. The maximum absolute atomic E-state index is 6.42. The molecule has 48 heavy (non-hydrogen) atoms. The van der Waals surface area contributed by atoms with Crippen molar-refractivity contribution in [2.45, 2.75) is 59.4 Å². The summed E-state index contributed by atoms with van der Waals surface area (Å²) in [5.41, 5.74) is 5.33. The van der Waals surface area contributed by atoms with Gasteiger partial charge in [0.2, 0.25) is 0 Å². The zero-order valence-corrected chi connectivity index (χ0v) is 29.9. The Hall–Kier alpha value is -3.71. The lowest BCUT2D eigenvalue weighted by atomic mass is 10.1. The molecule has 0 fully saturated rings. The van der Waals surface area contributed by atoms with Gasteiger partial charge in [-0.1, -0.05) is 74.7 Å². The van der Waals surface area contributed by atoms with Crippen molar-refractivity contribution < 1.29 is 14.2 Å². The van der Waals surface area contributed by atoms with E-state index in [1.165, 1.54) is 0 Å². The minimum absolute atomic E-state index is 0.500. The fourth-order valence-electron chi connectivity index (χ4n) is 5.71. The number of benzene rings is 4. The van der Waals surface area contributed by atoms with Crippen molar-refractivity contribution in [1.29, 1.82) is 0 Å². The highest BCUT2D eigenvalue weighted by atomic mass is 35.5. The van der Waals surface area contributed by atoms with Gasteiger partial charge in [-0.25, -0.2) is 4.98 Å². The summed E-state index contributed by atoms with van der Waals surface area (Å²) in [5.74, 6) is 3.19. The van der Waals surface area contributed by atoms with Crippen LogP contribution >= 0.6 is 23.2 Å². The number of halogens is 2. The number of nitrogens with zero attached hydrogens (tertiary/aromatic N) is 3. The second-order valence-corrected chi connectivity index (χ2v) is 12.8. The highest BCUT2D eigenvalue weighted by Crippen LogP contribution is 2.35. The zero-order chi connectivity index (χ0) is 33.7. The van der Waals surface area contributed by atoms with Crippen LogP contribution in [-0.4, -0.2) is 53.9 Å². The molecule has 8 heteroatoms.